The molecule has 4 aromatic rings. The Morgan fingerprint density at radius 3 is 2.47 bits per heavy atom. The first-order valence-corrected chi connectivity index (χ1v) is 9.61. The Balaban J connectivity index is 1.46. The van der Waals surface area contributed by atoms with Gasteiger partial charge in [0.2, 0.25) is 0 Å². The average Bonchev–Trinajstić information content (AvgIpc) is 3.29. The van der Waals surface area contributed by atoms with Gasteiger partial charge in [0.05, 0.1) is 6.54 Å². The molecule has 1 saturated heterocycles. The van der Waals surface area contributed by atoms with Gasteiger partial charge >= 0.3 is 6.03 Å². The normalized spacial score (nSPS) is 18.9. The Morgan fingerprint density at radius 2 is 1.67 bits per heavy atom. The summed E-state index contributed by atoms with van der Waals surface area (Å²) in [6.45, 7) is 1.25. The highest BCUT2D eigenvalue weighted by Crippen LogP contribution is 2.33. The van der Waals surface area contributed by atoms with Gasteiger partial charge in [-0.25, -0.2) is 4.79 Å². The van der Waals surface area contributed by atoms with E-state index in [1.54, 1.807) is 31.2 Å². The summed E-state index contributed by atoms with van der Waals surface area (Å²) in [5.41, 5.74) is -0.262. The lowest BCUT2D eigenvalue weighted by Gasteiger charge is -2.19. The lowest BCUT2D eigenvalue weighted by molar-refractivity contribution is -0.131. The van der Waals surface area contributed by atoms with Crippen molar-refractivity contribution in [1.29, 1.82) is 0 Å². The minimum absolute atomic E-state index is 0.302. The van der Waals surface area contributed by atoms with Gasteiger partial charge in [0, 0.05) is 10.9 Å². The molecule has 3 aromatic carbocycles. The van der Waals surface area contributed by atoms with Crippen molar-refractivity contribution in [2.24, 2.45) is 0 Å². The van der Waals surface area contributed by atoms with E-state index >= 15 is 0 Å². The lowest BCUT2D eigenvalue weighted by Crippen LogP contribution is -2.41. The molecule has 1 aliphatic heterocycles. The predicted octanol–water partition coefficient (Wildman–Crippen LogP) is 4.24. The summed E-state index contributed by atoms with van der Waals surface area (Å²) in [7, 11) is 0. The summed E-state index contributed by atoms with van der Waals surface area (Å²) in [6, 6.07) is 21.4. The zero-order valence-electron chi connectivity index (χ0n) is 16.2. The molecule has 0 unspecified atom stereocenters. The van der Waals surface area contributed by atoms with Crippen LogP contribution < -0.4 is 5.32 Å². The number of rotatable bonds is 4. The van der Waals surface area contributed by atoms with Gasteiger partial charge in [-0.1, -0.05) is 60.7 Å². The van der Waals surface area contributed by atoms with E-state index in [0.717, 1.165) is 21.1 Å². The number of nitrogens with zero attached hydrogens (tertiary/aromatic N) is 1. The number of benzene rings is 3. The standard InChI is InChI=1S/C24H18N2O4/c1-24(21-13-16-8-3-5-12-20(16)30-21)22(28)26(23(29)25-24)14-19(27)18-11-6-9-15-7-2-4-10-17(15)18/h2-13H,14H2,1H3,(H,25,29)/t24-/m0/s1. The number of urea groups is 1. The lowest BCUT2D eigenvalue weighted by atomic mass is 9.98. The maximum absolute atomic E-state index is 13.2. The number of furan rings is 1. The second-order valence-corrected chi connectivity index (χ2v) is 7.54. The van der Waals surface area contributed by atoms with Gasteiger partial charge in [-0.15, -0.1) is 0 Å². The largest absolute Gasteiger partial charge is 0.458 e. The summed E-state index contributed by atoms with van der Waals surface area (Å²) in [4.78, 5) is 39.7. The van der Waals surface area contributed by atoms with Gasteiger partial charge in [-0.3, -0.25) is 14.5 Å². The van der Waals surface area contributed by atoms with Gasteiger partial charge < -0.3 is 9.73 Å². The van der Waals surface area contributed by atoms with E-state index in [1.165, 1.54) is 0 Å². The third kappa shape index (κ3) is 2.69. The zero-order chi connectivity index (χ0) is 20.9. The van der Waals surface area contributed by atoms with Crippen molar-refractivity contribution in [1.82, 2.24) is 10.2 Å². The van der Waals surface area contributed by atoms with E-state index in [9.17, 15) is 14.4 Å². The molecule has 2 heterocycles. The number of carbonyl (C=O) groups excluding carboxylic acids is 3. The number of fused-ring (bicyclic) bond motifs is 2. The van der Waals surface area contributed by atoms with E-state index in [-0.39, 0.29) is 12.3 Å². The number of Topliss-reactive ketones (excluding diaryl/α,β-unsaturated/α-hetero) is 1. The van der Waals surface area contributed by atoms with Crippen LogP contribution in [0, 0.1) is 0 Å². The van der Waals surface area contributed by atoms with Crippen molar-refractivity contribution in [2.45, 2.75) is 12.5 Å². The molecule has 0 aliphatic carbocycles. The average molecular weight is 398 g/mol. The molecule has 5 rings (SSSR count). The van der Waals surface area contributed by atoms with Crippen LogP contribution in [-0.2, 0) is 10.3 Å². The molecule has 0 saturated carbocycles. The summed E-state index contributed by atoms with van der Waals surface area (Å²) >= 11 is 0. The van der Waals surface area contributed by atoms with Gasteiger partial charge in [0.25, 0.3) is 5.91 Å². The van der Waals surface area contributed by atoms with Crippen molar-refractivity contribution < 1.29 is 18.8 Å². The predicted molar refractivity (Wildman–Crippen MR) is 112 cm³/mol. The fraction of sp³-hybridized carbons (Fsp3) is 0.125. The Morgan fingerprint density at radius 1 is 0.967 bits per heavy atom. The first kappa shape index (κ1) is 18.1. The van der Waals surface area contributed by atoms with Gasteiger partial charge in [0.15, 0.2) is 11.3 Å². The molecule has 1 atom stereocenters. The van der Waals surface area contributed by atoms with Crippen LogP contribution in [0.2, 0.25) is 0 Å². The fourth-order valence-corrected chi connectivity index (χ4v) is 3.93. The number of hydrogen-bond donors (Lipinski definition) is 1. The van der Waals surface area contributed by atoms with Crippen LogP contribution in [0.3, 0.4) is 0 Å². The first-order valence-electron chi connectivity index (χ1n) is 9.61. The van der Waals surface area contributed by atoms with Gasteiger partial charge in [-0.2, -0.15) is 0 Å². The van der Waals surface area contributed by atoms with E-state index in [1.807, 2.05) is 48.5 Å². The van der Waals surface area contributed by atoms with Crippen molar-refractivity contribution in [3.05, 3.63) is 84.1 Å². The number of para-hydroxylation sites is 1. The SMILES string of the molecule is C[C@@]1(c2cc3ccccc3o2)NC(=O)N(CC(=O)c2cccc3ccccc23)C1=O. The van der Waals surface area contributed by atoms with Crippen LogP contribution in [0.5, 0.6) is 0 Å². The molecule has 0 spiro atoms. The van der Waals surface area contributed by atoms with Gasteiger partial charge in [0.1, 0.15) is 11.3 Å². The molecule has 30 heavy (non-hydrogen) atoms. The maximum Gasteiger partial charge on any atom is 0.325 e. The number of imide groups is 1. The van der Waals surface area contributed by atoms with Crippen LogP contribution in [0.4, 0.5) is 4.79 Å². The first-order chi connectivity index (χ1) is 14.5. The van der Waals surface area contributed by atoms with Crippen LogP contribution in [-0.4, -0.2) is 29.2 Å². The van der Waals surface area contributed by atoms with Crippen molar-refractivity contribution in [3.8, 4) is 0 Å². The van der Waals surface area contributed by atoms with Crippen LogP contribution in [0.1, 0.15) is 23.0 Å². The third-order valence-electron chi connectivity index (χ3n) is 5.59. The van der Waals surface area contributed by atoms with Gasteiger partial charge in [-0.05, 0) is 29.8 Å². The molecule has 6 heteroatoms. The number of nitrogens with one attached hydrogen (secondary N) is 1. The van der Waals surface area contributed by atoms with Crippen molar-refractivity contribution in [3.63, 3.8) is 0 Å². The summed E-state index contributed by atoms with van der Waals surface area (Å²) in [5, 5.41) is 5.24. The molecule has 1 N–H and O–H groups in total. The number of carbonyl (C=O) groups is 3. The van der Waals surface area contributed by atoms with E-state index in [0.29, 0.717) is 16.9 Å². The molecule has 148 valence electrons. The van der Waals surface area contributed by atoms with E-state index in [4.69, 9.17) is 4.42 Å². The second-order valence-electron chi connectivity index (χ2n) is 7.54. The minimum atomic E-state index is -1.37. The molecule has 1 fully saturated rings. The molecule has 0 bridgehead atoms. The molecule has 6 nitrogen and oxygen atoms in total. The highest BCUT2D eigenvalue weighted by molar-refractivity contribution is 6.14. The molecule has 3 amide bonds. The monoisotopic (exact) mass is 398 g/mol. The van der Waals surface area contributed by atoms with Crippen molar-refractivity contribution >= 4 is 39.5 Å². The quantitative estimate of drug-likeness (QED) is 0.412. The summed E-state index contributed by atoms with van der Waals surface area (Å²) in [5.74, 6) is -0.480. The topological polar surface area (TPSA) is 79.6 Å². The number of amides is 3. The second kappa shape index (κ2) is 6.56. The van der Waals surface area contributed by atoms with Crippen LogP contribution >= 0.6 is 0 Å². The van der Waals surface area contributed by atoms with Crippen molar-refractivity contribution in [2.75, 3.05) is 6.54 Å². The maximum atomic E-state index is 13.2. The summed E-state index contributed by atoms with van der Waals surface area (Å²) in [6.07, 6.45) is 0. The third-order valence-corrected chi connectivity index (χ3v) is 5.59. The Labute approximate surface area is 172 Å². The minimum Gasteiger partial charge on any atom is -0.458 e. The summed E-state index contributed by atoms with van der Waals surface area (Å²) < 4.78 is 5.82. The Kier molecular flexibility index (Phi) is 3.96. The van der Waals surface area contributed by atoms with Crippen LogP contribution in [0.25, 0.3) is 21.7 Å². The number of hydrogen-bond acceptors (Lipinski definition) is 4. The molecule has 1 aromatic heterocycles. The van der Waals surface area contributed by atoms with E-state index < -0.39 is 17.5 Å². The highest BCUT2D eigenvalue weighted by atomic mass is 16.3. The molecule has 0 radical (unpaired) electrons. The smallest absolute Gasteiger partial charge is 0.325 e. The molecular weight excluding hydrogens is 380 g/mol. The van der Waals surface area contributed by atoms with Crippen LogP contribution in [0.15, 0.2) is 77.2 Å². The Bertz CT molecular complexity index is 1300. The fourth-order valence-electron chi connectivity index (χ4n) is 3.93. The molecular formula is C24H18N2O4. The zero-order valence-corrected chi connectivity index (χ0v) is 16.2. The Hall–Kier alpha value is -3.93. The highest BCUT2D eigenvalue weighted by Gasteiger charge is 2.51. The van der Waals surface area contributed by atoms with E-state index in [2.05, 4.69) is 5.32 Å². The number of ketones is 1. The molecule has 1 aliphatic rings.